The van der Waals surface area contributed by atoms with Crippen LogP contribution < -0.4 is 0 Å². The summed E-state index contributed by atoms with van der Waals surface area (Å²) in [6.45, 7) is -2.03. The Morgan fingerprint density at radius 3 is 0.897 bits per heavy atom. The first-order chi connectivity index (χ1) is 56.8. The molecule has 10 aromatic carbocycles. The number of ether oxygens (including phenoxy) is 16. The maximum Gasteiger partial charge on any atom is 0.338 e. The molecule has 3 heterocycles. The van der Waals surface area contributed by atoms with Crippen molar-refractivity contribution in [3.63, 3.8) is 0 Å². The van der Waals surface area contributed by atoms with Crippen LogP contribution in [0.3, 0.4) is 0 Å². The van der Waals surface area contributed by atoms with Gasteiger partial charge in [-0.25, -0.2) is 28.8 Å². The van der Waals surface area contributed by atoms with Gasteiger partial charge in [-0.2, -0.15) is 0 Å². The average Bonchev–Trinajstić information content (AvgIpc) is 0.751. The van der Waals surface area contributed by atoms with Gasteiger partial charge in [-0.05, 0) is 101 Å². The van der Waals surface area contributed by atoms with Gasteiger partial charge in [-0.1, -0.05) is 231 Å². The van der Waals surface area contributed by atoms with Crippen LogP contribution in [-0.4, -0.2) is 165 Å². The van der Waals surface area contributed by atoms with Crippen LogP contribution in [-0.2, 0) is 107 Å². The molecule has 598 valence electrons. The molecule has 0 aromatic heterocycles. The Bertz CT molecular complexity index is 4720. The van der Waals surface area contributed by atoms with E-state index < -0.39 is 147 Å². The molecule has 24 heteroatoms. The molecule has 3 aliphatic heterocycles. The van der Waals surface area contributed by atoms with Crippen molar-refractivity contribution in [3.8, 4) is 0 Å². The molecule has 13 rings (SSSR count). The number of hydrogen-bond acceptors (Lipinski definition) is 23. The Hall–Kier alpha value is -11.9. The Morgan fingerprint density at radius 1 is 0.267 bits per heavy atom. The lowest BCUT2D eigenvalue weighted by Gasteiger charge is -2.51. The highest BCUT2D eigenvalue weighted by atomic mass is 16.8. The van der Waals surface area contributed by atoms with Crippen molar-refractivity contribution in [2.75, 3.05) is 26.4 Å². The zero-order valence-corrected chi connectivity index (χ0v) is 62.9. The monoisotopic (exact) mass is 1570 g/mol. The number of esters is 6. The number of carboxylic acids is 1. The molecule has 0 unspecified atom stereocenters. The molecule has 15 atom stereocenters. The molecule has 0 spiro atoms. The Kier molecular flexibility index (Phi) is 29.7. The van der Waals surface area contributed by atoms with E-state index in [0.29, 0.717) is 0 Å². The summed E-state index contributed by atoms with van der Waals surface area (Å²) >= 11 is 0. The van der Waals surface area contributed by atoms with Crippen LogP contribution in [0.5, 0.6) is 0 Å². The molecule has 0 bridgehead atoms. The average molecular weight is 1580 g/mol. The van der Waals surface area contributed by atoms with Gasteiger partial charge >= 0.3 is 41.8 Å². The van der Waals surface area contributed by atoms with Crippen LogP contribution in [0.1, 0.15) is 97.2 Å². The molecule has 24 nitrogen and oxygen atoms in total. The van der Waals surface area contributed by atoms with Crippen molar-refractivity contribution < 1.29 is 114 Å². The maximum atomic E-state index is 15.6. The van der Waals surface area contributed by atoms with E-state index in [4.69, 9.17) is 75.8 Å². The molecule has 3 aliphatic rings. The largest absolute Gasteiger partial charge is 0.481 e. The van der Waals surface area contributed by atoms with Crippen molar-refractivity contribution in [1.29, 1.82) is 0 Å². The first-order valence-corrected chi connectivity index (χ1v) is 38.0. The van der Waals surface area contributed by atoms with E-state index in [1.165, 1.54) is 72.8 Å². The summed E-state index contributed by atoms with van der Waals surface area (Å²) in [6.07, 6.45) is -26.1. The van der Waals surface area contributed by atoms with Gasteiger partial charge in [-0.15, -0.1) is 0 Å². The highest BCUT2D eigenvalue weighted by molar-refractivity contribution is 5.92. The smallest absolute Gasteiger partial charge is 0.338 e. The second-order valence-electron chi connectivity index (χ2n) is 27.4. The molecule has 116 heavy (non-hydrogen) atoms. The molecule has 1 N–H and O–H groups in total. The SMILES string of the molecule is O=C(O)CCCO[C@@H]1O[C@H](COC(=O)c2ccccc2)[C@@H](O[C@@H]2O[C@H](COC(=O)c3ccccc3)[C@H](O[C@H]3O[C@H](COCc4ccccc4)[C@H](OCc4ccccc4)[C@H](OCc4ccccc4)[C@H]3OCc3ccccc3)[C@H](OC(=O)c3ccccc3)[C@H]2OC(=O)c2ccccc2)[C@H](OC(=O)c2ccccc2)[C@H]1OC(=O)c1ccccc1. The highest BCUT2D eigenvalue weighted by Crippen LogP contribution is 2.40. The maximum absolute atomic E-state index is 15.6. The fourth-order valence-corrected chi connectivity index (χ4v) is 13.4. The molecule has 10 aromatic rings. The zero-order valence-electron chi connectivity index (χ0n) is 62.9. The second-order valence-corrected chi connectivity index (χ2v) is 27.4. The molecular weight excluding hydrogens is 1490 g/mol. The van der Waals surface area contributed by atoms with E-state index in [9.17, 15) is 24.3 Å². The summed E-state index contributed by atoms with van der Waals surface area (Å²) in [6, 6.07) is 84.8. The summed E-state index contributed by atoms with van der Waals surface area (Å²) in [7, 11) is 0. The Labute approximate surface area is 669 Å². The fourth-order valence-electron chi connectivity index (χ4n) is 13.4. The fraction of sp³-hybridized carbons (Fsp3) is 0.272. The third-order valence-corrected chi connectivity index (χ3v) is 19.2. The molecule has 0 aliphatic carbocycles. The molecule has 0 amide bonds. The topological polar surface area (TPSA) is 287 Å². The van der Waals surface area contributed by atoms with Gasteiger partial charge < -0.3 is 80.9 Å². The molecule has 0 radical (unpaired) electrons. The molecule has 3 fully saturated rings. The summed E-state index contributed by atoms with van der Waals surface area (Å²) < 4.78 is 110. The highest BCUT2D eigenvalue weighted by Gasteiger charge is 2.60. The summed E-state index contributed by atoms with van der Waals surface area (Å²) in [5.41, 5.74) is 3.30. The van der Waals surface area contributed by atoms with Crippen molar-refractivity contribution in [3.05, 3.63) is 359 Å². The van der Waals surface area contributed by atoms with Crippen LogP contribution in [0.15, 0.2) is 303 Å². The van der Waals surface area contributed by atoms with E-state index in [2.05, 4.69) is 0 Å². The lowest BCUT2D eigenvalue weighted by atomic mass is 9.94. The first-order valence-electron chi connectivity index (χ1n) is 38.0. The second kappa shape index (κ2) is 41.9. The zero-order chi connectivity index (χ0) is 80.2. The molecular formula is C92H86O24. The van der Waals surface area contributed by atoms with Gasteiger partial charge in [0.05, 0.1) is 73.0 Å². The quantitative estimate of drug-likeness (QED) is 0.0217. The van der Waals surface area contributed by atoms with E-state index in [0.717, 1.165) is 22.3 Å². The van der Waals surface area contributed by atoms with Crippen LogP contribution in [0, 0.1) is 0 Å². The van der Waals surface area contributed by atoms with Gasteiger partial charge in [0, 0.05) is 6.42 Å². The van der Waals surface area contributed by atoms with Gasteiger partial charge in [0.1, 0.15) is 62.0 Å². The third-order valence-electron chi connectivity index (χ3n) is 19.2. The number of rotatable bonds is 36. The predicted octanol–water partition coefficient (Wildman–Crippen LogP) is 13.4. The Morgan fingerprint density at radius 2 is 0.543 bits per heavy atom. The van der Waals surface area contributed by atoms with Crippen LogP contribution in [0.2, 0.25) is 0 Å². The minimum Gasteiger partial charge on any atom is -0.481 e. The number of aliphatic carboxylic acids is 1. The minimum absolute atomic E-state index is 0.00640. The van der Waals surface area contributed by atoms with Crippen molar-refractivity contribution in [2.45, 2.75) is 131 Å². The summed E-state index contributed by atoms with van der Waals surface area (Å²) in [5.74, 6) is -6.99. The third kappa shape index (κ3) is 22.8. The van der Waals surface area contributed by atoms with Crippen LogP contribution >= 0.6 is 0 Å². The van der Waals surface area contributed by atoms with Gasteiger partial charge in [0.2, 0.25) is 0 Å². The number of benzene rings is 10. The van der Waals surface area contributed by atoms with Crippen molar-refractivity contribution in [1.82, 2.24) is 0 Å². The van der Waals surface area contributed by atoms with E-state index in [1.54, 1.807) is 109 Å². The van der Waals surface area contributed by atoms with Gasteiger partial charge in [0.25, 0.3) is 0 Å². The molecule has 3 saturated heterocycles. The number of hydrogen-bond donors (Lipinski definition) is 1. The van der Waals surface area contributed by atoms with Crippen LogP contribution in [0.25, 0.3) is 0 Å². The van der Waals surface area contributed by atoms with E-state index in [1.807, 2.05) is 121 Å². The van der Waals surface area contributed by atoms with E-state index >= 15 is 14.4 Å². The summed E-state index contributed by atoms with van der Waals surface area (Å²) in [4.78, 5) is 102. The van der Waals surface area contributed by atoms with Crippen molar-refractivity contribution >= 4 is 41.8 Å². The standard InChI is InChI=1S/C92H86O24/c93-74(94)52-31-53-102-90-82(113-88(99)69-48-27-9-28-49-69)79(111-86(97)67-44-23-7-24-45-67)76(72(108-90)59-106-84(95)65-40-19-5-20-41-65)116-92-83(114-89(100)70-50-29-10-30-51-70)80(112-87(98)68-46-25-8-26-47-68)77(73(110-92)60-107-85(96)66-42-21-6-22-43-66)115-91-81(105-57-64-38-17-4-18-39-64)78(104-56-63-36-15-3-16-37-63)75(103-55-62-34-13-2-14-35-62)71(109-91)58-101-54-61-32-11-1-12-33-61/h1-30,32-51,71-73,75-83,90-92H,31,52-60H2,(H,93,94)/t71-,72-,73-,75+,76-,77+,78+,79+,80+,81-,82-,83-,90-,91-,92+/m1/s1. The predicted molar refractivity (Wildman–Crippen MR) is 416 cm³/mol. The lowest BCUT2D eigenvalue weighted by Crippen LogP contribution is -2.68. The lowest BCUT2D eigenvalue weighted by molar-refractivity contribution is -0.382. The summed E-state index contributed by atoms with van der Waals surface area (Å²) in [5, 5.41) is 9.81. The van der Waals surface area contributed by atoms with Gasteiger partial charge in [-0.3, -0.25) is 4.79 Å². The minimum atomic E-state index is -2.18. The number of carbonyl (C=O) groups is 7. The van der Waals surface area contributed by atoms with E-state index in [-0.39, 0.29) is 85.9 Å². The van der Waals surface area contributed by atoms with Gasteiger partial charge in [0.15, 0.2) is 43.3 Å². The van der Waals surface area contributed by atoms with Crippen molar-refractivity contribution in [2.24, 2.45) is 0 Å². The first kappa shape index (κ1) is 82.1. The number of carbonyl (C=O) groups excluding carboxylic acids is 6. The van der Waals surface area contributed by atoms with Crippen LogP contribution in [0.4, 0.5) is 0 Å². The number of carboxylic acid groups (broad SMARTS) is 1. The normalized spacial score (nSPS) is 23.0. The Balaban J connectivity index is 0.988. The molecule has 0 saturated carbocycles.